The van der Waals surface area contributed by atoms with Crippen LogP contribution in [-0.4, -0.2) is 61.6 Å². The van der Waals surface area contributed by atoms with Gasteiger partial charge in [0.2, 0.25) is 5.91 Å². The van der Waals surface area contributed by atoms with Gasteiger partial charge in [0, 0.05) is 36.2 Å². The van der Waals surface area contributed by atoms with E-state index in [4.69, 9.17) is 9.82 Å². The predicted octanol–water partition coefficient (Wildman–Crippen LogP) is 5.73. The Balaban J connectivity index is 1.07. The van der Waals surface area contributed by atoms with Crippen molar-refractivity contribution >= 4 is 28.9 Å². The highest BCUT2D eigenvalue weighted by molar-refractivity contribution is 7.10. The van der Waals surface area contributed by atoms with E-state index in [9.17, 15) is 32.3 Å². The van der Waals surface area contributed by atoms with Crippen LogP contribution in [0.4, 0.5) is 17.6 Å². The van der Waals surface area contributed by atoms with Crippen molar-refractivity contribution in [3.63, 3.8) is 0 Å². The number of carboxylic acid groups (broad SMARTS) is 1. The number of aliphatic carboxylic acids is 1. The van der Waals surface area contributed by atoms with Crippen molar-refractivity contribution in [3.8, 4) is 0 Å². The molecule has 2 aromatic rings. The number of rotatable bonds is 10. The Morgan fingerprint density at radius 3 is 2.56 bits per heavy atom. The lowest BCUT2D eigenvalue weighted by atomic mass is 9.64. The summed E-state index contributed by atoms with van der Waals surface area (Å²) in [6.45, 7) is 0.213. The van der Waals surface area contributed by atoms with E-state index in [-0.39, 0.29) is 5.92 Å². The first-order valence-corrected chi connectivity index (χ1v) is 15.2. The number of likely N-dealkylation sites (tertiary alicyclic amines) is 1. The van der Waals surface area contributed by atoms with Crippen LogP contribution < -0.4 is 0 Å². The average molecular weight is 622 g/mol. The van der Waals surface area contributed by atoms with Crippen LogP contribution in [-0.2, 0) is 21.0 Å². The Kier molecular flexibility index (Phi) is 8.14. The molecule has 1 saturated carbocycles. The molecule has 6 rings (SSSR count). The van der Waals surface area contributed by atoms with E-state index >= 15 is 0 Å². The van der Waals surface area contributed by atoms with Gasteiger partial charge in [0.1, 0.15) is 29.7 Å². The molecule has 2 aliphatic carbocycles. The summed E-state index contributed by atoms with van der Waals surface area (Å²) in [5.41, 5.74) is -0.796. The summed E-state index contributed by atoms with van der Waals surface area (Å²) >= 11 is 1.49. The van der Waals surface area contributed by atoms with E-state index in [0.717, 1.165) is 24.3 Å². The van der Waals surface area contributed by atoms with Gasteiger partial charge in [0.25, 0.3) is 12.9 Å². The minimum Gasteiger partial charge on any atom is -0.481 e. The van der Waals surface area contributed by atoms with E-state index in [1.165, 1.54) is 16.2 Å². The molecule has 0 bridgehead atoms. The highest BCUT2D eigenvalue weighted by atomic mass is 32.1. The lowest BCUT2D eigenvalue weighted by Crippen LogP contribution is -2.44. The van der Waals surface area contributed by atoms with Crippen LogP contribution in [0.25, 0.3) is 0 Å². The molecule has 1 saturated heterocycles. The zero-order valence-corrected chi connectivity index (χ0v) is 23.9. The molecule has 1 amide bonds. The number of hydrogen-bond donors (Lipinski definition) is 1. The van der Waals surface area contributed by atoms with Crippen molar-refractivity contribution in [2.45, 2.75) is 69.9 Å². The number of amides is 1. The Morgan fingerprint density at radius 1 is 1.12 bits per heavy atom. The van der Waals surface area contributed by atoms with Gasteiger partial charge in [-0.2, -0.15) is 5.10 Å². The third-order valence-corrected chi connectivity index (χ3v) is 9.86. The molecule has 2 aromatic heterocycles. The number of halogens is 4. The fourth-order valence-corrected chi connectivity index (χ4v) is 7.35. The summed E-state index contributed by atoms with van der Waals surface area (Å²) in [4.78, 5) is 37.3. The summed E-state index contributed by atoms with van der Waals surface area (Å²) in [6, 6.07) is 0.636. The first kappa shape index (κ1) is 29.5. The van der Waals surface area contributed by atoms with Gasteiger partial charge in [-0.3, -0.25) is 14.3 Å². The second kappa shape index (κ2) is 11.9. The molecule has 2 aliphatic heterocycles. The fourth-order valence-electron chi connectivity index (χ4n) is 6.35. The van der Waals surface area contributed by atoms with Crippen molar-refractivity contribution in [3.05, 3.63) is 57.8 Å². The molecule has 4 aliphatic rings. The summed E-state index contributed by atoms with van der Waals surface area (Å²) < 4.78 is 53.2. The summed E-state index contributed by atoms with van der Waals surface area (Å²) in [7, 11) is 0. The Bertz CT molecular complexity index is 1460. The number of oxime groups is 1. The van der Waals surface area contributed by atoms with Crippen LogP contribution in [0.15, 0.2) is 40.9 Å². The number of hydrogen-bond acceptors (Lipinski definition) is 7. The Morgan fingerprint density at radius 2 is 1.88 bits per heavy atom. The largest absolute Gasteiger partial charge is 0.481 e. The van der Waals surface area contributed by atoms with Crippen LogP contribution in [0.1, 0.15) is 79.4 Å². The van der Waals surface area contributed by atoms with Gasteiger partial charge < -0.3 is 14.8 Å². The van der Waals surface area contributed by atoms with Crippen molar-refractivity contribution in [2.24, 2.45) is 22.4 Å². The smallest absolute Gasteiger partial charge is 0.311 e. The van der Waals surface area contributed by atoms with Crippen molar-refractivity contribution in [1.29, 1.82) is 0 Å². The molecular weight excluding hydrogens is 590 g/mol. The molecule has 1 N–H and O–H groups in total. The van der Waals surface area contributed by atoms with E-state index < -0.39 is 60.1 Å². The second-order valence-electron chi connectivity index (χ2n) is 11.6. The van der Waals surface area contributed by atoms with Crippen LogP contribution in [0.5, 0.6) is 0 Å². The number of allylic oxidation sites excluding steroid dienone is 2. The summed E-state index contributed by atoms with van der Waals surface area (Å²) in [6.07, 6.45) is 5.51. The van der Waals surface area contributed by atoms with Gasteiger partial charge in [0.15, 0.2) is 0 Å². The van der Waals surface area contributed by atoms with E-state index in [2.05, 4.69) is 10.3 Å². The van der Waals surface area contributed by atoms with Gasteiger partial charge in [0.05, 0.1) is 16.6 Å². The van der Waals surface area contributed by atoms with Gasteiger partial charge in [-0.25, -0.2) is 22.5 Å². The number of aromatic nitrogens is 3. The Labute approximate surface area is 248 Å². The molecule has 0 aromatic carbocycles. The first-order chi connectivity index (χ1) is 20.6. The van der Waals surface area contributed by atoms with Crippen molar-refractivity contribution in [2.75, 3.05) is 13.1 Å². The van der Waals surface area contributed by atoms with Crippen LogP contribution in [0, 0.1) is 17.3 Å². The second-order valence-corrected chi connectivity index (χ2v) is 12.5. The minimum atomic E-state index is -3.03. The van der Waals surface area contributed by atoms with Crippen molar-refractivity contribution in [1.82, 2.24) is 19.7 Å². The van der Waals surface area contributed by atoms with E-state index in [1.54, 1.807) is 12.2 Å². The highest BCUT2D eigenvalue weighted by Crippen LogP contribution is 2.51. The fraction of sp³-hybridized carbons (Fsp3) is 0.552. The maximum atomic E-state index is 13.3. The highest BCUT2D eigenvalue weighted by Gasteiger charge is 2.53. The topological polar surface area (TPSA) is 110 Å². The number of alkyl halides is 4. The molecule has 9 nitrogen and oxygen atoms in total. The van der Waals surface area contributed by atoms with Gasteiger partial charge in [-0.15, -0.1) is 11.3 Å². The van der Waals surface area contributed by atoms with Gasteiger partial charge in [-0.05, 0) is 31.2 Å². The molecule has 3 unspecified atom stereocenters. The standard InChI is InChI=1S/C29H31F4N5O4S/c30-25(31)20-11-22(26(32)33)38(35-20)14-24(39)37-9-6-17(7-10-37)27-34-21(15-43-27)19-12-23(42-36-19)29(13-16-4-5-16)8-2-1-3-18(29)28(40)41/h1-3,8,11,15-18,23,25-26H,4-7,9-10,12-14H2,(H,40,41). The van der Waals surface area contributed by atoms with Crippen molar-refractivity contribution < 1.29 is 37.1 Å². The number of nitrogens with zero attached hydrogens (tertiary/aromatic N) is 5. The molecule has 2 fully saturated rings. The van der Waals surface area contributed by atoms with Gasteiger partial charge >= 0.3 is 5.97 Å². The molecule has 0 radical (unpaired) electrons. The molecule has 230 valence electrons. The number of carbonyl (C=O) groups excluding carboxylic acids is 1. The third-order valence-electron chi connectivity index (χ3n) is 8.85. The molecule has 43 heavy (non-hydrogen) atoms. The quantitative estimate of drug-likeness (QED) is 0.340. The molecule has 4 heterocycles. The zero-order valence-electron chi connectivity index (χ0n) is 23.1. The SMILES string of the molecule is O=C(O)C1C=CC=CC1(CC1CC1)C1CC(c2csc(C3CCN(C(=O)Cn4nc(C(F)F)cc4C(F)F)CC3)n2)=NO1. The number of carbonyl (C=O) groups is 2. The third kappa shape index (κ3) is 5.98. The van der Waals surface area contributed by atoms with E-state index in [1.807, 2.05) is 17.5 Å². The van der Waals surface area contributed by atoms with E-state index in [0.29, 0.717) is 60.4 Å². The van der Waals surface area contributed by atoms with Crippen LogP contribution >= 0.6 is 11.3 Å². The molecular formula is C29H31F4N5O4S. The van der Waals surface area contributed by atoms with Crippen LogP contribution in [0.2, 0.25) is 0 Å². The van der Waals surface area contributed by atoms with Crippen LogP contribution in [0.3, 0.4) is 0 Å². The number of piperidine rings is 1. The molecule has 3 atom stereocenters. The lowest BCUT2D eigenvalue weighted by molar-refractivity contribution is -0.147. The summed E-state index contributed by atoms with van der Waals surface area (Å²) in [5, 5.41) is 20.7. The number of carboxylic acids is 1. The van der Waals surface area contributed by atoms with Gasteiger partial charge in [-0.1, -0.05) is 42.3 Å². The monoisotopic (exact) mass is 621 g/mol. The summed E-state index contributed by atoms with van der Waals surface area (Å²) in [5.74, 6) is -1.47. The molecule has 0 spiro atoms. The maximum absolute atomic E-state index is 13.3. The average Bonchev–Trinajstić information content (AvgIpc) is 3.37. The predicted molar refractivity (Wildman–Crippen MR) is 148 cm³/mol. The lowest BCUT2D eigenvalue weighted by Gasteiger charge is -2.39. The Hall–Kier alpha value is -3.55. The zero-order chi connectivity index (χ0) is 30.3. The first-order valence-electron chi connectivity index (χ1n) is 14.3. The normalized spacial score (nSPS) is 25.9. The molecule has 14 heteroatoms. The minimum absolute atomic E-state index is 0.0808. The maximum Gasteiger partial charge on any atom is 0.311 e. The number of thiazole rings is 1.